The molecule has 128 valence electrons. The van der Waals surface area contributed by atoms with E-state index in [1.807, 2.05) is 6.92 Å². The Labute approximate surface area is 135 Å². The van der Waals surface area contributed by atoms with Crippen LogP contribution in [0.1, 0.15) is 44.7 Å². The molecule has 2 rings (SSSR count). The number of halogens is 2. The standard InChI is InChI=1S/C17H24F2N2O2/c1-3-17(11-22)6-8-21(9-7-17)16(23)20-12(2)14-5-4-13(18)10-15(14)19/h4-5,10,12,22H,3,6-9,11H2,1-2H3,(H,20,23)/t12-/m1/s1. The molecule has 1 aliphatic rings. The highest BCUT2D eigenvalue weighted by Gasteiger charge is 2.34. The van der Waals surface area contributed by atoms with E-state index in [2.05, 4.69) is 5.32 Å². The molecule has 1 aromatic carbocycles. The van der Waals surface area contributed by atoms with Gasteiger partial charge in [0.05, 0.1) is 6.04 Å². The Morgan fingerprint density at radius 3 is 2.57 bits per heavy atom. The van der Waals surface area contributed by atoms with Crippen molar-refractivity contribution >= 4 is 6.03 Å². The van der Waals surface area contributed by atoms with Crippen molar-refractivity contribution in [2.24, 2.45) is 5.41 Å². The van der Waals surface area contributed by atoms with E-state index >= 15 is 0 Å². The van der Waals surface area contributed by atoms with Crippen molar-refractivity contribution in [2.45, 2.75) is 39.2 Å². The normalized spacial score (nSPS) is 18.6. The molecule has 2 amide bonds. The number of piperidine rings is 1. The summed E-state index contributed by atoms with van der Waals surface area (Å²) >= 11 is 0. The fourth-order valence-corrected chi connectivity index (χ4v) is 3.01. The minimum Gasteiger partial charge on any atom is -0.396 e. The maximum Gasteiger partial charge on any atom is 0.317 e. The van der Waals surface area contributed by atoms with Crippen LogP contribution in [0.5, 0.6) is 0 Å². The van der Waals surface area contributed by atoms with Gasteiger partial charge in [-0.2, -0.15) is 0 Å². The van der Waals surface area contributed by atoms with Crippen molar-refractivity contribution in [2.75, 3.05) is 19.7 Å². The molecule has 6 heteroatoms. The van der Waals surface area contributed by atoms with Crippen LogP contribution >= 0.6 is 0 Å². The highest BCUT2D eigenvalue weighted by Crippen LogP contribution is 2.34. The zero-order valence-corrected chi connectivity index (χ0v) is 13.6. The van der Waals surface area contributed by atoms with E-state index in [4.69, 9.17) is 0 Å². The molecule has 4 nitrogen and oxygen atoms in total. The van der Waals surface area contributed by atoms with Crippen LogP contribution < -0.4 is 5.32 Å². The summed E-state index contributed by atoms with van der Waals surface area (Å²) < 4.78 is 26.7. The molecule has 1 aliphatic heterocycles. The Morgan fingerprint density at radius 2 is 2.04 bits per heavy atom. The number of nitrogens with zero attached hydrogens (tertiary/aromatic N) is 1. The monoisotopic (exact) mass is 326 g/mol. The smallest absolute Gasteiger partial charge is 0.317 e. The molecule has 0 aromatic heterocycles. The highest BCUT2D eigenvalue weighted by atomic mass is 19.1. The number of aliphatic hydroxyl groups excluding tert-OH is 1. The molecular weight excluding hydrogens is 302 g/mol. The van der Waals surface area contributed by atoms with Crippen molar-refractivity contribution in [3.8, 4) is 0 Å². The van der Waals surface area contributed by atoms with Gasteiger partial charge in [-0.1, -0.05) is 13.0 Å². The Morgan fingerprint density at radius 1 is 1.39 bits per heavy atom. The number of hydrogen-bond acceptors (Lipinski definition) is 2. The first kappa shape index (κ1) is 17.7. The molecule has 2 N–H and O–H groups in total. The molecule has 1 atom stereocenters. The average molecular weight is 326 g/mol. The summed E-state index contributed by atoms with van der Waals surface area (Å²) in [6, 6.07) is 2.54. The number of urea groups is 1. The molecule has 0 aliphatic carbocycles. The van der Waals surface area contributed by atoms with Crippen LogP contribution in [0.25, 0.3) is 0 Å². The zero-order chi connectivity index (χ0) is 17.0. The number of rotatable bonds is 4. The van der Waals surface area contributed by atoms with Crippen molar-refractivity contribution in [1.82, 2.24) is 10.2 Å². The number of carbonyl (C=O) groups excluding carboxylic acids is 1. The van der Waals surface area contributed by atoms with E-state index in [1.54, 1.807) is 11.8 Å². The van der Waals surface area contributed by atoms with Gasteiger partial charge in [0, 0.05) is 31.3 Å². The van der Waals surface area contributed by atoms with Gasteiger partial charge in [-0.15, -0.1) is 0 Å². The van der Waals surface area contributed by atoms with Gasteiger partial charge in [0.15, 0.2) is 0 Å². The Hall–Kier alpha value is -1.69. The second-order valence-electron chi connectivity index (χ2n) is 6.34. The van der Waals surface area contributed by atoms with E-state index in [0.717, 1.165) is 25.3 Å². The second kappa shape index (κ2) is 7.25. The third-order valence-corrected chi connectivity index (χ3v) is 4.97. The lowest BCUT2D eigenvalue weighted by atomic mass is 9.77. The number of likely N-dealkylation sites (tertiary alicyclic amines) is 1. The van der Waals surface area contributed by atoms with Gasteiger partial charge in [-0.3, -0.25) is 0 Å². The lowest BCUT2D eigenvalue weighted by molar-refractivity contribution is 0.0515. The molecule has 1 fully saturated rings. The molecule has 0 spiro atoms. The first-order chi connectivity index (χ1) is 10.9. The van der Waals surface area contributed by atoms with E-state index in [9.17, 15) is 18.7 Å². The van der Waals surface area contributed by atoms with Crippen LogP contribution in [0.15, 0.2) is 18.2 Å². The number of carbonyl (C=O) groups is 1. The van der Waals surface area contributed by atoms with Gasteiger partial charge in [-0.25, -0.2) is 13.6 Å². The van der Waals surface area contributed by atoms with Crippen molar-refractivity contribution in [3.63, 3.8) is 0 Å². The van der Waals surface area contributed by atoms with Crippen molar-refractivity contribution < 1.29 is 18.7 Å². The Bertz CT molecular complexity index is 552. The quantitative estimate of drug-likeness (QED) is 0.892. The fourth-order valence-electron chi connectivity index (χ4n) is 3.01. The molecule has 0 saturated carbocycles. The lowest BCUT2D eigenvalue weighted by Crippen LogP contribution is -2.48. The van der Waals surface area contributed by atoms with E-state index in [1.165, 1.54) is 12.1 Å². The summed E-state index contributed by atoms with van der Waals surface area (Å²) in [6.45, 7) is 4.99. The number of benzene rings is 1. The summed E-state index contributed by atoms with van der Waals surface area (Å²) in [7, 11) is 0. The first-order valence-corrected chi connectivity index (χ1v) is 8.02. The highest BCUT2D eigenvalue weighted by molar-refractivity contribution is 5.74. The molecule has 23 heavy (non-hydrogen) atoms. The third kappa shape index (κ3) is 3.99. The van der Waals surface area contributed by atoms with Gasteiger partial charge in [0.1, 0.15) is 11.6 Å². The van der Waals surface area contributed by atoms with Crippen LogP contribution in [0, 0.1) is 17.0 Å². The third-order valence-electron chi connectivity index (χ3n) is 4.97. The first-order valence-electron chi connectivity index (χ1n) is 8.02. The van der Waals surface area contributed by atoms with Gasteiger partial charge >= 0.3 is 6.03 Å². The fraction of sp³-hybridized carbons (Fsp3) is 0.588. The van der Waals surface area contributed by atoms with Gasteiger partial charge in [-0.05, 0) is 37.7 Å². The van der Waals surface area contributed by atoms with Crippen LogP contribution in [-0.2, 0) is 0 Å². The van der Waals surface area contributed by atoms with Crippen LogP contribution in [0.2, 0.25) is 0 Å². The molecule has 0 radical (unpaired) electrons. The minimum absolute atomic E-state index is 0.0918. The maximum absolute atomic E-state index is 13.8. The molecular formula is C17H24F2N2O2. The number of aliphatic hydroxyl groups is 1. The van der Waals surface area contributed by atoms with Gasteiger partial charge < -0.3 is 15.3 Å². The van der Waals surface area contributed by atoms with Crippen LogP contribution in [-0.4, -0.2) is 35.7 Å². The molecule has 1 aromatic rings. The van der Waals surface area contributed by atoms with Crippen LogP contribution in [0.3, 0.4) is 0 Å². The van der Waals surface area contributed by atoms with Crippen molar-refractivity contribution in [1.29, 1.82) is 0 Å². The van der Waals surface area contributed by atoms with Crippen molar-refractivity contribution in [3.05, 3.63) is 35.4 Å². The summed E-state index contributed by atoms with van der Waals surface area (Å²) in [5.74, 6) is -1.30. The topological polar surface area (TPSA) is 52.6 Å². The lowest BCUT2D eigenvalue weighted by Gasteiger charge is -2.40. The molecule has 1 heterocycles. The van der Waals surface area contributed by atoms with E-state index < -0.39 is 17.7 Å². The predicted octanol–water partition coefficient (Wildman–Crippen LogP) is 3.22. The molecule has 0 unspecified atom stereocenters. The van der Waals surface area contributed by atoms with Gasteiger partial charge in [0.25, 0.3) is 0 Å². The average Bonchev–Trinajstić information content (AvgIpc) is 2.54. The number of amides is 2. The summed E-state index contributed by atoms with van der Waals surface area (Å²) in [4.78, 5) is 14.0. The Balaban J connectivity index is 1.95. The summed E-state index contributed by atoms with van der Waals surface area (Å²) in [5, 5.41) is 12.3. The molecule has 0 bridgehead atoms. The summed E-state index contributed by atoms with van der Waals surface area (Å²) in [6.07, 6.45) is 2.40. The van der Waals surface area contributed by atoms with Gasteiger partial charge in [0.2, 0.25) is 0 Å². The second-order valence-corrected chi connectivity index (χ2v) is 6.34. The largest absolute Gasteiger partial charge is 0.396 e. The SMILES string of the molecule is CCC1(CO)CCN(C(=O)N[C@H](C)c2ccc(F)cc2F)CC1. The maximum atomic E-state index is 13.8. The van der Waals surface area contributed by atoms with E-state index in [0.29, 0.717) is 13.1 Å². The number of nitrogens with one attached hydrogen (secondary N) is 1. The predicted molar refractivity (Wildman–Crippen MR) is 83.9 cm³/mol. The zero-order valence-electron chi connectivity index (χ0n) is 13.6. The van der Waals surface area contributed by atoms with E-state index in [-0.39, 0.29) is 23.6 Å². The van der Waals surface area contributed by atoms with Crippen LogP contribution in [0.4, 0.5) is 13.6 Å². The summed E-state index contributed by atoms with van der Waals surface area (Å²) in [5.41, 5.74) is 0.167. The minimum atomic E-state index is -0.665. The number of hydrogen-bond donors (Lipinski definition) is 2. The molecule has 1 saturated heterocycles. The Kier molecular flexibility index (Phi) is 5.57.